The lowest BCUT2D eigenvalue weighted by molar-refractivity contribution is -0.120. The van der Waals surface area contributed by atoms with Crippen LogP contribution >= 0.6 is 23.1 Å². The van der Waals surface area contributed by atoms with Crippen molar-refractivity contribution in [3.05, 3.63) is 34.9 Å². The van der Waals surface area contributed by atoms with Crippen molar-refractivity contribution < 1.29 is 4.79 Å². The number of amides is 1. The highest BCUT2D eigenvalue weighted by molar-refractivity contribution is 8.00. The van der Waals surface area contributed by atoms with Gasteiger partial charge in [-0.2, -0.15) is 0 Å². The lowest BCUT2D eigenvalue weighted by atomic mass is 9.99. The highest BCUT2D eigenvalue weighted by Crippen LogP contribution is 2.29. The van der Waals surface area contributed by atoms with Gasteiger partial charge >= 0.3 is 0 Å². The summed E-state index contributed by atoms with van der Waals surface area (Å²) in [6.07, 6.45) is 3.99. The zero-order valence-electron chi connectivity index (χ0n) is 15.5. The Kier molecular flexibility index (Phi) is 7.90. The maximum absolute atomic E-state index is 12.3. The molecule has 4 nitrogen and oxygen atoms in total. The molecule has 2 rings (SSSR count). The Morgan fingerprint density at radius 3 is 2.56 bits per heavy atom. The molecule has 0 aliphatic heterocycles. The first-order valence-corrected chi connectivity index (χ1v) is 10.7. The highest BCUT2D eigenvalue weighted by Gasteiger charge is 2.17. The summed E-state index contributed by atoms with van der Waals surface area (Å²) >= 11 is 3.11. The Hall–Kier alpha value is -1.40. The van der Waals surface area contributed by atoms with Crippen molar-refractivity contribution >= 4 is 34.1 Å². The molecule has 1 heterocycles. The van der Waals surface area contributed by atoms with E-state index in [0.717, 1.165) is 35.8 Å². The van der Waals surface area contributed by atoms with Crippen LogP contribution in [-0.2, 0) is 10.5 Å². The summed E-state index contributed by atoms with van der Waals surface area (Å²) in [6.45, 7) is 8.44. The van der Waals surface area contributed by atoms with Crippen LogP contribution in [0.15, 0.2) is 22.5 Å². The zero-order chi connectivity index (χ0) is 18.2. The number of nitrogens with one attached hydrogen (secondary N) is 1. The molecule has 1 aromatic heterocycles. The number of thioether (sulfide) groups is 1. The van der Waals surface area contributed by atoms with Crippen LogP contribution in [0.4, 0.5) is 5.13 Å². The van der Waals surface area contributed by atoms with Crippen LogP contribution in [0.3, 0.4) is 0 Å². The van der Waals surface area contributed by atoms with E-state index < -0.39 is 0 Å². The molecular weight excluding hydrogens is 350 g/mol. The van der Waals surface area contributed by atoms with Crippen molar-refractivity contribution in [1.82, 2.24) is 10.2 Å². The number of carbonyl (C=O) groups excluding carboxylic acids is 1. The van der Waals surface area contributed by atoms with Crippen molar-refractivity contribution in [2.45, 2.75) is 63.5 Å². The molecule has 0 bridgehead atoms. The van der Waals surface area contributed by atoms with E-state index >= 15 is 0 Å². The van der Waals surface area contributed by atoms with Gasteiger partial charge in [0.25, 0.3) is 0 Å². The summed E-state index contributed by atoms with van der Waals surface area (Å²) in [7, 11) is 0. The van der Waals surface area contributed by atoms with E-state index in [2.05, 4.69) is 61.4 Å². The van der Waals surface area contributed by atoms with E-state index in [9.17, 15) is 4.79 Å². The van der Waals surface area contributed by atoms with Gasteiger partial charge < -0.3 is 5.32 Å². The highest BCUT2D eigenvalue weighted by atomic mass is 32.2. The monoisotopic (exact) mass is 377 g/mol. The van der Waals surface area contributed by atoms with Crippen LogP contribution in [0.1, 0.15) is 56.2 Å². The van der Waals surface area contributed by atoms with Crippen molar-refractivity contribution in [1.29, 1.82) is 0 Å². The largest absolute Gasteiger partial charge is 0.300 e. The van der Waals surface area contributed by atoms with Gasteiger partial charge in [0.15, 0.2) is 4.34 Å². The lowest BCUT2D eigenvalue weighted by Gasteiger charge is -2.12. The molecule has 0 radical (unpaired) electrons. The average Bonchev–Trinajstić information content (AvgIpc) is 3.00. The minimum atomic E-state index is 0.0650. The number of nitrogens with zero attached hydrogens (tertiary/aromatic N) is 2. The SMILES string of the molecule is CCCC[C@@H](CC)C(=O)Nc1nnc(SCc2cc(C)cc(C)c2)s1. The molecule has 136 valence electrons. The summed E-state index contributed by atoms with van der Waals surface area (Å²) in [5.74, 6) is 0.993. The number of benzene rings is 1. The maximum atomic E-state index is 12.3. The quantitative estimate of drug-likeness (QED) is 0.456. The standard InChI is InChI=1S/C19H27N3OS2/c1-5-7-8-16(6-2)17(23)20-18-21-22-19(25-18)24-12-15-10-13(3)9-14(4)11-15/h9-11,16H,5-8,12H2,1-4H3,(H,20,21,23)/t16-/m1/s1. The number of aryl methyl sites for hydroxylation is 2. The van der Waals surface area contributed by atoms with Gasteiger partial charge in [0.2, 0.25) is 11.0 Å². The predicted octanol–water partition coefficient (Wildman–Crippen LogP) is 5.60. The number of anilines is 1. The van der Waals surface area contributed by atoms with Crippen molar-refractivity contribution in [2.24, 2.45) is 5.92 Å². The van der Waals surface area contributed by atoms with Gasteiger partial charge in [-0.05, 0) is 32.3 Å². The molecule has 25 heavy (non-hydrogen) atoms. The molecule has 0 saturated carbocycles. The number of carbonyl (C=O) groups is 1. The fraction of sp³-hybridized carbons (Fsp3) is 0.526. The maximum Gasteiger partial charge on any atom is 0.229 e. The molecule has 0 spiro atoms. The Labute approximate surface area is 158 Å². The first-order chi connectivity index (χ1) is 12.0. The second-order valence-electron chi connectivity index (χ2n) is 6.39. The van der Waals surface area contributed by atoms with E-state index in [1.165, 1.54) is 28.0 Å². The molecule has 1 atom stereocenters. The number of hydrogen-bond acceptors (Lipinski definition) is 5. The topological polar surface area (TPSA) is 54.9 Å². The van der Waals surface area contributed by atoms with Crippen molar-refractivity contribution in [2.75, 3.05) is 5.32 Å². The third-order valence-electron chi connectivity index (χ3n) is 4.05. The average molecular weight is 378 g/mol. The number of hydrogen-bond donors (Lipinski definition) is 1. The van der Waals surface area contributed by atoms with Gasteiger partial charge in [0, 0.05) is 11.7 Å². The lowest BCUT2D eigenvalue weighted by Crippen LogP contribution is -2.22. The molecule has 1 amide bonds. The summed E-state index contributed by atoms with van der Waals surface area (Å²) in [5, 5.41) is 11.8. The van der Waals surface area contributed by atoms with Crippen molar-refractivity contribution in [3.8, 4) is 0 Å². The summed E-state index contributed by atoms with van der Waals surface area (Å²) in [5.41, 5.74) is 3.84. The number of unbranched alkanes of at least 4 members (excludes halogenated alkanes) is 1. The van der Waals surface area contributed by atoms with Crippen LogP contribution in [0.2, 0.25) is 0 Å². The zero-order valence-corrected chi connectivity index (χ0v) is 17.1. The fourth-order valence-corrected chi connectivity index (χ4v) is 4.48. The molecule has 0 unspecified atom stereocenters. The van der Waals surface area contributed by atoms with Gasteiger partial charge in [-0.3, -0.25) is 4.79 Å². The van der Waals surface area contributed by atoms with Gasteiger partial charge in [-0.1, -0.05) is 79.1 Å². The Morgan fingerprint density at radius 2 is 1.92 bits per heavy atom. The molecule has 1 aromatic carbocycles. The number of rotatable bonds is 9. The van der Waals surface area contributed by atoms with Crippen molar-refractivity contribution in [3.63, 3.8) is 0 Å². The minimum Gasteiger partial charge on any atom is -0.300 e. The number of aromatic nitrogens is 2. The van der Waals surface area contributed by atoms with E-state index in [4.69, 9.17) is 0 Å². The van der Waals surface area contributed by atoms with Crippen LogP contribution in [0.25, 0.3) is 0 Å². The fourth-order valence-electron chi connectivity index (χ4n) is 2.79. The summed E-state index contributed by atoms with van der Waals surface area (Å²) < 4.78 is 0.885. The van der Waals surface area contributed by atoms with Crippen LogP contribution in [-0.4, -0.2) is 16.1 Å². The predicted molar refractivity (Wildman–Crippen MR) is 107 cm³/mol. The van der Waals surface area contributed by atoms with Gasteiger partial charge in [0.1, 0.15) is 0 Å². The van der Waals surface area contributed by atoms with E-state index in [1.807, 2.05) is 0 Å². The Bertz CT molecular complexity index is 679. The van der Waals surface area contributed by atoms with Crippen LogP contribution in [0, 0.1) is 19.8 Å². The molecular formula is C19H27N3OS2. The van der Waals surface area contributed by atoms with Gasteiger partial charge in [-0.15, -0.1) is 10.2 Å². The molecule has 2 aromatic rings. The Balaban J connectivity index is 1.89. The summed E-state index contributed by atoms with van der Waals surface area (Å²) in [4.78, 5) is 12.3. The third-order valence-corrected chi connectivity index (χ3v) is 6.09. The molecule has 1 N–H and O–H groups in total. The minimum absolute atomic E-state index is 0.0650. The second kappa shape index (κ2) is 9.92. The van der Waals surface area contributed by atoms with E-state index in [-0.39, 0.29) is 11.8 Å². The smallest absolute Gasteiger partial charge is 0.229 e. The Morgan fingerprint density at radius 1 is 1.20 bits per heavy atom. The molecule has 0 aliphatic carbocycles. The normalized spacial score (nSPS) is 12.2. The molecule has 6 heteroatoms. The van der Waals surface area contributed by atoms with Gasteiger partial charge in [-0.25, -0.2) is 0 Å². The second-order valence-corrected chi connectivity index (χ2v) is 8.59. The van der Waals surface area contributed by atoms with Gasteiger partial charge in [0.05, 0.1) is 0 Å². The molecule has 0 aliphatic rings. The van der Waals surface area contributed by atoms with E-state index in [0.29, 0.717) is 5.13 Å². The van der Waals surface area contributed by atoms with E-state index in [1.54, 1.807) is 11.8 Å². The third kappa shape index (κ3) is 6.44. The summed E-state index contributed by atoms with van der Waals surface area (Å²) in [6, 6.07) is 6.57. The van der Waals surface area contributed by atoms with Crippen LogP contribution in [0.5, 0.6) is 0 Å². The van der Waals surface area contributed by atoms with Crippen LogP contribution < -0.4 is 5.32 Å². The molecule has 0 fully saturated rings. The first kappa shape index (κ1) is 19.9. The molecule has 0 saturated heterocycles. The first-order valence-electron chi connectivity index (χ1n) is 8.86.